The molecular weight excluding hydrogens is 224 g/mol. The summed E-state index contributed by atoms with van der Waals surface area (Å²) >= 11 is 3.49. The topological polar surface area (TPSA) is 38.9 Å². The molecule has 2 N–H and O–H groups in total. The number of aromatic nitrogens is 1. The van der Waals surface area contributed by atoms with Crippen LogP contribution in [0.5, 0.6) is 0 Å². The molecule has 2 aromatic heterocycles. The molecule has 2 rings (SSSR count). The van der Waals surface area contributed by atoms with E-state index in [4.69, 9.17) is 5.73 Å². The van der Waals surface area contributed by atoms with Gasteiger partial charge in [0, 0.05) is 15.8 Å². The summed E-state index contributed by atoms with van der Waals surface area (Å²) in [5, 5.41) is 1.10. The molecule has 0 radical (unpaired) electrons. The third kappa shape index (κ3) is 2.12. The Balaban J connectivity index is 2.42. The molecule has 4 heteroatoms. The van der Waals surface area contributed by atoms with E-state index in [1.807, 2.05) is 13.8 Å². The second kappa shape index (κ2) is 4.04. The largest absolute Gasteiger partial charge is 0.323 e. The summed E-state index contributed by atoms with van der Waals surface area (Å²) in [6.45, 7) is 6.14. The highest BCUT2D eigenvalue weighted by Gasteiger charge is 2.13. The maximum absolute atomic E-state index is 5.88. The van der Waals surface area contributed by atoms with Crippen LogP contribution in [-0.2, 0) is 0 Å². The minimum Gasteiger partial charge on any atom is -0.323 e. The minimum atomic E-state index is 0.0808. The highest BCUT2D eigenvalue weighted by atomic mass is 32.1. The molecule has 2 aromatic rings. The van der Waals surface area contributed by atoms with Crippen LogP contribution in [0.3, 0.4) is 0 Å². The molecule has 0 saturated heterocycles. The first-order valence-corrected chi connectivity index (χ1v) is 6.51. The van der Waals surface area contributed by atoms with E-state index in [-0.39, 0.29) is 6.04 Å². The first kappa shape index (κ1) is 10.8. The van der Waals surface area contributed by atoms with Gasteiger partial charge in [0.1, 0.15) is 5.01 Å². The SMILES string of the molecule is Cc1ccc(-c2nc(C)c(C(C)N)s2)s1. The van der Waals surface area contributed by atoms with Gasteiger partial charge >= 0.3 is 0 Å². The number of aryl methyl sites for hydroxylation is 2. The third-order valence-corrected chi connectivity index (χ3v) is 4.73. The van der Waals surface area contributed by atoms with Crippen LogP contribution in [0.15, 0.2) is 12.1 Å². The normalized spacial score (nSPS) is 13.1. The van der Waals surface area contributed by atoms with Gasteiger partial charge in [0.15, 0.2) is 0 Å². The van der Waals surface area contributed by atoms with Gasteiger partial charge in [-0.25, -0.2) is 4.98 Å². The van der Waals surface area contributed by atoms with E-state index in [1.165, 1.54) is 14.6 Å². The number of thiophene rings is 1. The lowest BCUT2D eigenvalue weighted by atomic mass is 10.2. The van der Waals surface area contributed by atoms with Crippen LogP contribution in [0.4, 0.5) is 0 Å². The zero-order chi connectivity index (χ0) is 11.0. The predicted octanol–water partition coefficient (Wildman–Crippen LogP) is 3.51. The maximum Gasteiger partial charge on any atom is 0.133 e. The second-order valence-corrected chi connectivity index (χ2v) is 5.99. The van der Waals surface area contributed by atoms with Gasteiger partial charge in [-0.1, -0.05) is 0 Å². The van der Waals surface area contributed by atoms with Gasteiger partial charge in [-0.2, -0.15) is 0 Å². The molecule has 1 unspecified atom stereocenters. The lowest BCUT2D eigenvalue weighted by molar-refractivity contribution is 0.825. The van der Waals surface area contributed by atoms with Crippen molar-refractivity contribution in [3.8, 4) is 9.88 Å². The van der Waals surface area contributed by atoms with Crippen LogP contribution in [0.25, 0.3) is 9.88 Å². The highest BCUT2D eigenvalue weighted by Crippen LogP contribution is 2.34. The Bertz CT molecular complexity index is 469. The number of thiazole rings is 1. The Labute approximate surface area is 97.8 Å². The Morgan fingerprint density at radius 2 is 2.00 bits per heavy atom. The van der Waals surface area contributed by atoms with Gasteiger partial charge in [-0.05, 0) is 32.9 Å². The zero-order valence-electron chi connectivity index (χ0n) is 9.07. The van der Waals surface area contributed by atoms with Crippen LogP contribution in [0, 0.1) is 13.8 Å². The average Bonchev–Trinajstić information content (AvgIpc) is 2.71. The van der Waals surface area contributed by atoms with E-state index in [2.05, 4.69) is 24.0 Å². The molecule has 0 bridgehead atoms. The summed E-state index contributed by atoms with van der Waals surface area (Å²) < 4.78 is 0. The molecule has 0 fully saturated rings. The number of hydrogen-bond acceptors (Lipinski definition) is 4. The molecular formula is C11H14N2S2. The van der Waals surface area contributed by atoms with Crippen molar-refractivity contribution in [1.82, 2.24) is 4.98 Å². The van der Waals surface area contributed by atoms with Crippen molar-refractivity contribution in [3.05, 3.63) is 27.6 Å². The predicted molar refractivity (Wildman–Crippen MR) is 67.5 cm³/mol. The molecule has 80 valence electrons. The monoisotopic (exact) mass is 238 g/mol. The Kier molecular flexibility index (Phi) is 2.91. The number of hydrogen-bond donors (Lipinski definition) is 1. The van der Waals surface area contributed by atoms with E-state index in [9.17, 15) is 0 Å². The Hall–Kier alpha value is -0.710. The number of nitrogens with two attached hydrogens (primary N) is 1. The van der Waals surface area contributed by atoms with Crippen molar-refractivity contribution in [2.45, 2.75) is 26.8 Å². The lowest BCUT2D eigenvalue weighted by Gasteiger charge is -1.99. The fourth-order valence-electron chi connectivity index (χ4n) is 1.49. The van der Waals surface area contributed by atoms with Gasteiger partial charge < -0.3 is 5.73 Å². The third-order valence-electron chi connectivity index (χ3n) is 2.20. The quantitative estimate of drug-likeness (QED) is 0.869. The summed E-state index contributed by atoms with van der Waals surface area (Å²) in [4.78, 5) is 8.32. The first-order chi connectivity index (χ1) is 7.08. The Morgan fingerprint density at radius 1 is 1.27 bits per heavy atom. The maximum atomic E-state index is 5.88. The van der Waals surface area contributed by atoms with E-state index >= 15 is 0 Å². The lowest BCUT2D eigenvalue weighted by Crippen LogP contribution is -2.03. The van der Waals surface area contributed by atoms with Crippen molar-refractivity contribution in [1.29, 1.82) is 0 Å². The van der Waals surface area contributed by atoms with Crippen LogP contribution >= 0.6 is 22.7 Å². The van der Waals surface area contributed by atoms with Crippen molar-refractivity contribution >= 4 is 22.7 Å². The van der Waals surface area contributed by atoms with E-state index < -0.39 is 0 Å². The molecule has 2 heterocycles. The molecule has 0 aliphatic heterocycles. The highest BCUT2D eigenvalue weighted by molar-refractivity contribution is 7.21. The van der Waals surface area contributed by atoms with Crippen LogP contribution in [0.1, 0.15) is 28.4 Å². The van der Waals surface area contributed by atoms with Crippen molar-refractivity contribution < 1.29 is 0 Å². The van der Waals surface area contributed by atoms with E-state index in [0.29, 0.717) is 0 Å². The molecule has 15 heavy (non-hydrogen) atoms. The van der Waals surface area contributed by atoms with Crippen LogP contribution in [0.2, 0.25) is 0 Å². The summed E-state index contributed by atoms with van der Waals surface area (Å²) in [6.07, 6.45) is 0. The smallest absolute Gasteiger partial charge is 0.133 e. The zero-order valence-corrected chi connectivity index (χ0v) is 10.7. The van der Waals surface area contributed by atoms with E-state index in [1.54, 1.807) is 22.7 Å². The molecule has 0 aliphatic rings. The molecule has 0 amide bonds. The standard InChI is InChI=1S/C11H14N2S2/c1-6-4-5-9(14-6)11-13-8(3)10(15-11)7(2)12/h4-5,7H,12H2,1-3H3. The number of nitrogens with zero attached hydrogens (tertiary/aromatic N) is 1. The molecule has 0 spiro atoms. The van der Waals surface area contributed by atoms with Gasteiger partial charge in [-0.3, -0.25) is 0 Å². The van der Waals surface area contributed by atoms with Crippen LogP contribution < -0.4 is 5.73 Å². The van der Waals surface area contributed by atoms with Crippen molar-refractivity contribution in [2.24, 2.45) is 5.73 Å². The summed E-state index contributed by atoms with van der Waals surface area (Å²) in [7, 11) is 0. The molecule has 0 aliphatic carbocycles. The van der Waals surface area contributed by atoms with Crippen molar-refractivity contribution in [2.75, 3.05) is 0 Å². The first-order valence-electron chi connectivity index (χ1n) is 4.87. The minimum absolute atomic E-state index is 0.0808. The fraction of sp³-hybridized carbons (Fsp3) is 0.364. The van der Waals surface area contributed by atoms with Gasteiger partial charge in [0.05, 0.1) is 10.6 Å². The molecule has 2 nitrogen and oxygen atoms in total. The summed E-state index contributed by atoms with van der Waals surface area (Å²) in [5.41, 5.74) is 6.95. The van der Waals surface area contributed by atoms with E-state index in [0.717, 1.165) is 10.7 Å². The summed E-state index contributed by atoms with van der Waals surface area (Å²) in [6, 6.07) is 4.34. The molecule has 1 atom stereocenters. The van der Waals surface area contributed by atoms with Crippen molar-refractivity contribution in [3.63, 3.8) is 0 Å². The van der Waals surface area contributed by atoms with Gasteiger partial charge in [-0.15, -0.1) is 22.7 Å². The second-order valence-electron chi connectivity index (χ2n) is 3.67. The van der Waals surface area contributed by atoms with Gasteiger partial charge in [0.2, 0.25) is 0 Å². The fourth-order valence-corrected chi connectivity index (χ4v) is 3.43. The number of rotatable bonds is 2. The van der Waals surface area contributed by atoms with Gasteiger partial charge in [0.25, 0.3) is 0 Å². The summed E-state index contributed by atoms with van der Waals surface area (Å²) in [5.74, 6) is 0. The Morgan fingerprint density at radius 3 is 2.47 bits per heavy atom. The average molecular weight is 238 g/mol. The molecule has 0 aromatic carbocycles. The molecule has 0 saturated carbocycles. The van der Waals surface area contributed by atoms with Crippen LogP contribution in [-0.4, -0.2) is 4.98 Å².